The lowest BCUT2D eigenvalue weighted by atomic mass is 10.2. The van der Waals surface area contributed by atoms with E-state index >= 15 is 0 Å². The number of hydrogen-bond acceptors (Lipinski definition) is 4. The Labute approximate surface area is 189 Å². The monoisotopic (exact) mass is 456 g/mol. The van der Waals surface area contributed by atoms with Crippen molar-refractivity contribution in [3.63, 3.8) is 0 Å². The van der Waals surface area contributed by atoms with Crippen molar-refractivity contribution in [3.05, 3.63) is 81.4 Å². The van der Waals surface area contributed by atoms with E-state index in [2.05, 4.69) is 4.99 Å². The second-order valence-corrected chi connectivity index (χ2v) is 8.40. The number of carbonyl (C=O) groups excluding carboxylic acids is 1. The summed E-state index contributed by atoms with van der Waals surface area (Å²) in [5.41, 5.74) is 1.52. The van der Waals surface area contributed by atoms with Crippen molar-refractivity contribution in [2.24, 2.45) is 4.99 Å². The topological polar surface area (TPSA) is 45.8 Å². The Morgan fingerprint density at radius 1 is 1.07 bits per heavy atom. The summed E-state index contributed by atoms with van der Waals surface area (Å²) in [6.07, 6.45) is 2.58. The fourth-order valence-electron chi connectivity index (χ4n) is 3.02. The Morgan fingerprint density at radius 2 is 1.87 bits per heavy atom. The molecule has 3 aromatic rings. The first-order chi connectivity index (χ1) is 14.6. The summed E-state index contributed by atoms with van der Waals surface area (Å²) >= 11 is 13.7. The molecule has 0 unspecified atom stereocenters. The smallest absolute Gasteiger partial charge is 0.266 e. The van der Waals surface area contributed by atoms with Gasteiger partial charge in [-0.3, -0.25) is 9.69 Å². The van der Waals surface area contributed by atoms with Crippen molar-refractivity contribution in [1.29, 1.82) is 0 Å². The summed E-state index contributed by atoms with van der Waals surface area (Å²) in [6.45, 7) is 2.64. The van der Waals surface area contributed by atoms with Crippen molar-refractivity contribution >= 4 is 57.8 Å². The average Bonchev–Trinajstić information content (AvgIpc) is 3.32. The van der Waals surface area contributed by atoms with Gasteiger partial charge in [-0.1, -0.05) is 54.4 Å². The number of benzene rings is 2. The Morgan fingerprint density at radius 3 is 2.63 bits per heavy atom. The molecule has 0 bridgehead atoms. The van der Waals surface area contributed by atoms with Crippen molar-refractivity contribution in [3.8, 4) is 11.3 Å². The minimum absolute atomic E-state index is 0.0738. The van der Waals surface area contributed by atoms with E-state index in [0.717, 1.165) is 12.1 Å². The number of para-hydroxylation sites is 1. The number of thioether (sulfide) groups is 1. The first-order valence-corrected chi connectivity index (χ1v) is 11.0. The SMILES string of the molecule is CCCN1C(=O)/C(=C\c2ccc(-c3cccc(Cl)c3Cl)o2)SC1=Nc1ccccc1. The number of aliphatic imine (C=N–C) groups is 1. The molecule has 1 aliphatic rings. The Balaban J connectivity index is 1.64. The predicted octanol–water partition coefficient (Wildman–Crippen LogP) is 7.27. The van der Waals surface area contributed by atoms with Crippen molar-refractivity contribution in [2.75, 3.05) is 6.54 Å². The van der Waals surface area contributed by atoms with E-state index in [1.807, 2.05) is 61.5 Å². The largest absolute Gasteiger partial charge is 0.457 e. The van der Waals surface area contributed by atoms with E-state index in [4.69, 9.17) is 27.6 Å². The molecule has 0 spiro atoms. The third-order valence-corrected chi connectivity index (χ3v) is 6.26. The van der Waals surface area contributed by atoms with E-state index in [9.17, 15) is 4.79 Å². The highest BCUT2D eigenvalue weighted by Crippen LogP contribution is 2.37. The van der Waals surface area contributed by atoms with E-state index in [1.54, 1.807) is 17.0 Å². The molecular weight excluding hydrogens is 439 g/mol. The predicted molar refractivity (Wildman–Crippen MR) is 125 cm³/mol. The molecule has 4 rings (SSSR count). The van der Waals surface area contributed by atoms with Crippen LogP contribution in [0.4, 0.5) is 5.69 Å². The van der Waals surface area contributed by atoms with E-state index in [1.165, 1.54) is 11.8 Å². The van der Waals surface area contributed by atoms with Gasteiger partial charge in [-0.25, -0.2) is 4.99 Å². The standard InChI is InChI=1S/C23H18Cl2N2O2S/c1-2-13-27-22(28)20(30-23(27)26-15-7-4-3-5-8-15)14-16-11-12-19(29-16)17-9-6-10-18(24)21(17)25/h3-12,14H,2,13H2,1H3/b20-14+,26-23?. The first kappa shape index (κ1) is 20.8. The summed E-state index contributed by atoms with van der Waals surface area (Å²) < 4.78 is 5.92. The fraction of sp³-hybridized carbons (Fsp3) is 0.130. The average molecular weight is 457 g/mol. The van der Waals surface area contributed by atoms with Crippen LogP contribution in [0, 0.1) is 0 Å². The number of nitrogens with zero attached hydrogens (tertiary/aromatic N) is 2. The zero-order valence-electron chi connectivity index (χ0n) is 16.1. The molecule has 2 aromatic carbocycles. The summed E-state index contributed by atoms with van der Waals surface area (Å²) in [6, 6.07) is 18.6. The van der Waals surface area contributed by atoms with Crippen molar-refractivity contribution in [2.45, 2.75) is 13.3 Å². The number of rotatable bonds is 5. The van der Waals surface area contributed by atoms with Gasteiger partial charge in [0.1, 0.15) is 11.5 Å². The van der Waals surface area contributed by atoms with Crippen molar-refractivity contribution in [1.82, 2.24) is 4.90 Å². The van der Waals surface area contributed by atoms with Crippen LogP contribution in [0.1, 0.15) is 19.1 Å². The maximum Gasteiger partial charge on any atom is 0.266 e. The zero-order chi connectivity index (χ0) is 21.1. The highest BCUT2D eigenvalue weighted by Gasteiger charge is 2.33. The molecule has 4 nitrogen and oxygen atoms in total. The van der Waals surface area contributed by atoms with Crippen molar-refractivity contribution < 1.29 is 9.21 Å². The van der Waals surface area contributed by atoms with Crippen LogP contribution in [0.15, 0.2) is 75.0 Å². The van der Waals surface area contributed by atoms with Gasteiger partial charge in [0.15, 0.2) is 5.17 Å². The van der Waals surface area contributed by atoms with Crippen LogP contribution < -0.4 is 0 Å². The van der Waals surface area contributed by atoms with Crippen LogP contribution in [0.5, 0.6) is 0 Å². The molecule has 0 atom stereocenters. The number of amides is 1. The van der Waals surface area contributed by atoms with Gasteiger partial charge >= 0.3 is 0 Å². The van der Waals surface area contributed by atoms with Crippen LogP contribution in [0.2, 0.25) is 10.0 Å². The van der Waals surface area contributed by atoms with Crippen LogP contribution in [0.25, 0.3) is 17.4 Å². The summed E-state index contributed by atoms with van der Waals surface area (Å²) in [4.78, 5) is 19.9. The maximum atomic E-state index is 13.0. The minimum atomic E-state index is -0.0738. The lowest BCUT2D eigenvalue weighted by Gasteiger charge is -2.13. The van der Waals surface area contributed by atoms with Gasteiger partial charge < -0.3 is 4.42 Å². The van der Waals surface area contributed by atoms with Gasteiger partial charge in [-0.15, -0.1) is 0 Å². The lowest BCUT2D eigenvalue weighted by molar-refractivity contribution is -0.122. The second kappa shape index (κ2) is 9.13. The van der Waals surface area contributed by atoms with Crippen LogP contribution >= 0.6 is 35.0 Å². The molecule has 152 valence electrons. The first-order valence-electron chi connectivity index (χ1n) is 9.46. The van der Waals surface area contributed by atoms with E-state index in [-0.39, 0.29) is 5.91 Å². The maximum absolute atomic E-state index is 13.0. The van der Waals surface area contributed by atoms with Gasteiger partial charge in [0.2, 0.25) is 0 Å². The third kappa shape index (κ3) is 4.33. The van der Waals surface area contributed by atoms with Crippen LogP contribution in [-0.2, 0) is 4.79 Å². The van der Waals surface area contributed by atoms with Crippen LogP contribution in [-0.4, -0.2) is 22.5 Å². The van der Waals surface area contributed by atoms with Gasteiger partial charge in [-0.05, 0) is 54.6 Å². The molecule has 1 aliphatic heterocycles. The second-order valence-electron chi connectivity index (χ2n) is 6.60. The Hall–Kier alpha value is -2.47. The molecule has 30 heavy (non-hydrogen) atoms. The molecule has 0 radical (unpaired) electrons. The number of furan rings is 1. The number of carbonyl (C=O) groups is 1. The van der Waals surface area contributed by atoms with E-state index < -0.39 is 0 Å². The minimum Gasteiger partial charge on any atom is -0.457 e. The normalized spacial score (nSPS) is 16.8. The molecule has 2 heterocycles. The molecule has 1 amide bonds. The van der Waals surface area contributed by atoms with Crippen LogP contribution in [0.3, 0.4) is 0 Å². The third-order valence-electron chi connectivity index (χ3n) is 4.43. The number of amidine groups is 1. The summed E-state index contributed by atoms with van der Waals surface area (Å²) in [7, 11) is 0. The highest BCUT2D eigenvalue weighted by molar-refractivity contribution is 8.18. The highest BCUT2D eigenvalue weighted by atomic mass is 35.5. The quantitative estimate of drug-likeness (QED) is 0.379. The Kier molecular flexibility index (Phi) is 6.32. The van der Waals surface area contributed by atoms with Gasteiger partial charge in [0.05, 0.1) is 20.6 Å². The molecule has 7 heteroatoms. The molecule has 1 aromatic heterocycles. The lowest BCUT2D eigenvalue weighted by Crippen LogP contribution is -2.29. The molecular formula is C23H18Cl2N2O2S. The number of hydrogen-bond donors (Lipinski definition) is 0. The summed E-state index contributed by atoms with van der Waals surface area (Å²) in [5.74, 6) is 1.08. The number of halogens is 2. The Bertz CT molecular complexity index is 1140. The fourth-order valence-corrected chi connectivity index (χ4v) is 4.42. The van der Waals surface area contributed by atoms with Gasteiger partial charge in [0.25, 0.3) is 5.91 Å². The zero-order valence-corrected chi connectivity index (χ0v) is 18.5. The summed E-state index contributed by atoms with van der Waals surface area (Å²) in [5, 5.41) is 1.57. The van der Waals surface area contributed by atoms with Gasteiger partial charge in [0, 0.05) is 18.2 Å². The van der Waals surface area contributed by atoms with Gasteiger partial charge in [-0.2, -0.15) is 0 Å². The molecule has 1 fully saturated rings. The molecule has 0 aliphatic carbocycles. The molecule has 1 saturated heterocycles. The van der Waals surface area contributed by atoms with E-state index in [0.29, 0.717) is 43.7 Å². The molecule has 0 saturated carbocycles. The molecule has 0 N–H and O–H groups in total.